The molecular weight excluding hydrogens is 447 g/mol. The van der Waals surface area contributed by atoms with Crippen LogP contribution in [-0.2, 0) is 27.9 Å². The maximum Gasteiger partial charge on any atom is 0.416 e. The van der Waals surface area contributed by atoms with Crippen LogP contribution in [0, 0.1) is 0 Å². The van der Waals surface area contributed by atoms with Crippen molar-refractivity contribution in [1.29, 1.82) is 0 Å². The van der Waals surface area contributed by atoms with E-state index in [4.69, 9.17) is 9.47 Å². The Morgan fingerprint density at radius 3 is 2.62 bits per heavy atom. The highest BCUT2D eigenvalue weighted by atomic mass is 79.9. The Morgan fingerprint density at radius 2 is 1.93 bits per heavy atom. The average Bonchev–Trinajstić information content (AvgIpc) is 3.02. The van der Waals surface area contributed by atoms with Gasteiger partial charge in [0.05, 0.1) is 24.9 Å². The maximum atomic E-state index is 13.2. The standard InChI is InChI=1S/C22H25BrF3NO2/c1-15(17-10-18(22(24,25)26)12-19(23)11-17)28-14-21(8-9-27(2)3)20-7-5-4-6-16(20)13-29-21/h4-7,10-12,15H,8-9,13-14H2,1-3H3. The number of hydrogen-bond donors (Lipinski definition) is 0. The molecule has 0 N–H and O–H groups in total. The largest absolute Gasteiger partial charge is 0.416 e. The molecule has 0 spiro atoms. The second kappa shape index (κ2) is 8.76. The van der Waals surface area contributed by atoms with Crippen LogP contribution in [0.1, 0.15) is 41.7 Å². The van der Waals surface area contributed by atoms with E-state index in [9.17, 15) is 13.2 Å². The summed E-state index contributed by atoms with van der Waals surface area (Å²) in [4.78, 5) is 2.08. The van der Waals surface area contributed by atoms with Crippen molar-refractivity contribution in [2.75, 3.05) is 27.2 Å². The van der Waals surface area contributed by atoms with E-state index < -0.39 is 23.4 Å². The van der Waals surface area contributed by atoms with E-state index in [0.29, 0.717) is 16.6 Å². The topological polar surface area (TPSA) is 21.7 Å². The quantitative estimate of drug-likeness (QED) is 0.499. The van der Waals surface area contributed by atoms with Crippen LogP contribution in [0.4, 0.5) is 13.2 Å². The van der Waals surface area contributed by atoms with E-state index in [-0.39, 0.29) is 6.61 Å². The molecule has 2 atom stereocenters. The van der Waals surface area contributed by atoms with Gasteiger partial charge in [0, 0.05) is 11.0 Å². The number of nitrogens with zero attached hydrogens (tertiary/aromatic N) is 1. The Labute approximate surface area is 177 Å². The molecule has 158 valence electrons. The molecule has 0 amide bonds. The Kier molecular flexibility index (Phi) is 6.73. The summed E-state index contributed by atoms with van der Waals surface area (Å²) in [7, 11) is 4.00. The lowest BCUT2D eigenvalue weighted by Crippen LogP contribution is -2.35. The molecule has 0 aromatic heterocycles. The molecule has 2 unspecified atom stereocenters. The average molecular weight is 472 g/mol. The zero-order valence-corrected chi connectivity index (χ0v) is 18.3. The lowest BCUT2D eigenvalue weighted by molar-refractivity contribution is -0.138. The summed E-state index contributed by atoms with van der Waals surface area (Å²) in [5.74, 6) is 0. The van der Waals surface area contributed by atoms with Crippen LogP contribution in [0.15, 0.2) is 46.9 Å². The van der Waals surface area contributed by atoms with Gasteiger partial charge in [0.25, 0.3) is 0 Å². The van der Waals surface area contributed by atoms with Gasteiger partial charge in [-0.15, -0.1) is 0 Å². The van der Waals surface area contributed by atoms with Gasteiger partial charge in [-0.25, -0.2) is 0 Å². The summed E-state index contributed by atoms with van der Waals surface area (Å²) in [6.07, 6.45) is -4.18. The minimum Gasteiger partial charge on any atom is -0.370 e. The van der Waals surface area contributed by atoms with Gasteiger partial charge in [-0.3, -0.25) is 0 Å². The number of alkyl halides is 3. The van der Waals surface area contributed by atoms with Gasteiger partial charge >= 0.3 is 6.18 Å². The van der Waals surface area contributed by atoms with E-state index in [1.807, 2.05) is 38.4 Å². The number of rotatable bonds is 7. The molecule has 3 nitrogen and oxygen atoms in total. The first-order valence-electron chi connectivity index (χ1n) is 9.47. The summed E-state index contributed by atoms with van der Waals surface area (Å²) < 4.78 is 52.2. The summed E-state index contributed by atoms with van der Waals surface area (Å²) in [5, 5.41) is 0. The predicted octanol–water partition coefficient (Wildman–Crippen LogP) is 5.92. The number of benzene rings is 2. The van der Waals surface area contributed by atoms with Crippen LogP contribution < -0.4 is 0 Å². The lowest BCUT2D eigenvalue weighted by Gasteiger charge is -2.32. The minimum atomic E-state index is -4.40. The molecule has 0 saturated heterocycles. The van der Waals surface area contributed by atoms with Crippen molar-refractivity contribution in [2.45, 2.75) is 37.8 Å². The molecule has 0 aliphatic carbocycles. The molecule has 1 aliphatic rings. The van der Waals surface area contributed by atoms with Crippen LogP contribution in [0.5, 0.6) is 0 Å². The summed E-state index contributed by atoms with van der Waals surface area (Å²) in [6.45, 7) is 3.35. The Bertz CT molecular complexity index is 856. The lowest BCUT2D eigenvalue weighted by atomic mass is 9.89. The van der Waals surface area contributed by atoms with Gasteiger partial charge in [-0.05, 0) is 62.3 Å². The predicted molar refractivity (Wildman–Crippen MR) is 110 cm³/mol. The Morgan fingerprint density at radius 1 is 1.21 bits per heavy atom. The third kappa shape index (κ3) is 5.20. The highest BCUT2D eigenvalue weighted by Crippen LogP contribution is 2.41. The Balaban J connectivity index is 1.81. The van der Waals surface area contributed by atoms with Crippen molar-refractivity contribution >= 4 is 15.9 Å². The van der Waals surface area contributed by atoms with Crippen LogP contribution in [-0.4, -0.2) is 32.1 Å². The normalized spacial score (nSPS) is 20.1. The number of ether oxygens (including phenoxy) is 2. The molecule has 1 aliphatic heterocycles. The van der Waals surface area contributed by atoms with Gasteiger partial charge in [-0.1, -0.05) is 40.2 Å². The van der Waals surface area contributed by atoms with Crippen molar-refractivity contribution in [3.8, 4) is 0 Å². The van der Waals surface area contributed by atoms with Crippen LogP contribution in [0.2, 0.25) is 0 Å². The monoisotopic (exact) mass is 471 g/mol. The van der Waals surface area contributed by atoms with Crippen LogP contribution >= 0.6 is 15.9 Å². The van der Waals surface area contributed by atoms with E-state index >= 15 is 0 Å². The number of hydrogen-bond acceptors (Lipinski definition) is 3. The van der Waals surface area contributed by atoms with Gasteiger partial charge < -0.3 is 14.4 Å². The molecule has 7 heteroatoms. The second-order valence-corrected chi connectivity index (χ2v) is 8.63. The van der Waals surface area contributed by atoms with E-state index in [0.717, 1.165) is 36.2 Å². The van der Waals surface area contributed by atoms with E-state index in [1.54, 1.807) is 13.0 Å². The molecule has 0 fully saturated rings. The minimum absolute atomic E-state index is 0.271. The first-order valence-corrected chi connectivity index (χ1v) is 10.3. The second-order valence-electron chi connectivity index (χ2n) is 7.72. The first-order chi connectivity index (χ1) is 13.6. The third-order valence-electron chi connectivity index (χ3n) is 5.26. The molecule has 1 heterocycles. The molecule has 2 aromatic carbocycles. The molecule has 0 radical (unpaired) electrons. The molecule has 0 saturated carbocycles. The zero-order chi connectivity index (χ0) is 21.2. The van der Waals surface area contributed by atoms with Crippen molar-refractivity contribution < 1.29 is 22.6 Å². The summed E-state index contributed by atoms with van der Waals surface area (Å²) >= 11 is 3.18. The van der Waals surface area contributed by atoms with Crippen molar-refractivity contribution in [3.63, 3.8) is 0 Å². The van der Waals surface area contributed by atoms with Gasteiger partial charge in [-0.2, -0.15) is 13.2 Å². The fourth-order valence-electron chi connectivity index (χ4n) is 3.55. The van der Waals surface area contributed by atoms with Crippen LogP contribution in [0.25, 0.3) is 0 Å². The fraction of sp³-hybridized carbons (Fsp3) is 0.455. The smallest absolute Gasteiger partial charge is 0.370 e. The highest BCUT2D eigenvalue weighted by molar-refractivity contribution is 9.10. The van der Waals surface area contributed by atoms with Gasteiger partial charge in [0.15, 0.2) is 0 Å². The van der Waals surface area contributed by atoms with Crippen molar-refractivity contribution in [2.24, 2.45) is 0 Å². The summed E-state index contributed by atoms with van der Waals surface area (Å²) in [5.41, 5.74) is 1.40. The van der Waals surface area contributed by atoms with Crippen molar-refractivity contribution in [3.05, 3.63) is 69.2 Å². The number of halogens is 4. The fourth-order valence-corrected chi connectivity index (χ4v) is 4.06. The molecule has 29 heavy (non-hydrogen) atoms. The third-order valence-corrected chi connectivity index (χ3v) is 5.72. The first kappa shape index (κ1) is 22.3. The van der Waals surface area contributed by atoms with Crippen LogP contribution in [0.3, 0.4) is 0 Å². The van der Waals surface area contributed by atoms with E-state index in [2.05, 4.69) is 20.8 Å². The molecular formula is C22H25BrF3NO2. The maximum absolute atomic E-state index is 13.2. The SMILES string of the molecule is CC(OCC1(CCN(C)C)OCc2ccccc21)c1cc(Br)cc(C(F)(F)F)c1. The highest BCUT2D eigenvalue weighted by Gasteiger charge is 2.40. The number of fused-ring (bicyclic) bond motifs is 1. The molecule has 2 aromatic rings. The molecule has 0 bridgehead atoms. The summed E-state index contributed by atoms with van der Waals surface area (Å²) in [6, 6.07) is 11.9. The van der Waals surface area contributed by atoms with Gasteiger partial charge in [0.1, 0.15) is 5.60 Å². The van der Waals surface area contributed by atoms with Gasteiger partial charge in [0.2, 0.25) is 0 Å². The van der Waals surface area contributed by atoms with E-state index in [1.165, 1.54) is 0 Å². The zero-order valence-electron chi connectivity index (χ0n) is 16.7. The van der Waals surface area contributed by atoms with Crippen molar-refractivity contribution in [1.82, 2.24) is 4.90 Å². The molecule has 3 rings (SSSR count). The Hall–Kier alpha value is -1.41.